The predicted molar refractivity (Wildman–Crippen MR) is 32.5 cm³/mol. The lowest BCUT2D eigenvalue weighted by molar-refractivity contribution is -0.465. The SMILES string of the molecule is O=NC(F)(F)C(F)(F)OC(F)(F)C(F)(F)N=O. The highest BCUT2D eigenvalue weighted by atomic mass is 19.3. The second-order valence-electron chi connectivity index (χ2n) is 2.40. The van der Waals surface area contributed by atoms with Crippen molar-refractivity contribution in [1.82, 2.24) is 0 Å². The van der Waals surface area contributed by atoms with Gasteiger partial charge in [0, 0.05) is 10.4 Å². The molecule has 0 amide bonds. The third kappa shape index (κ3) is 2.83. The molecule has 0 spiro atoms. The van der Waals surface area contributed by atoms with Crippen molar-refractivity contribution < 1.29 is 39.9 Å². The van der Waals surface area contributed by atoms with Crippen LogP contribution in [0.3, 0.4) is 0 Å². The van der Waals surface area contributed by atoms with Crippen LogP contribution in [0.1, 0.15) is 0 Å². The molecule has 0 rings (SSSR count). The first-order valence-corrected chi connectivity index (χ1v) is 3.23. The summed E-state index contributed by atoms with van der Waals surface area (Å²) in [6.45, 7) is 0. The molecule has 0 aliphatic carbocycles. The summed E-state index contributed by atoms with van der Waals surface area (Å²) in [5.41, 5.74) is 0. The van der Waals surface area contributed by atoms with E-state index in [0.717, 1.165) is 0 Å². The Balaban J connectivity index is 5.20. The zero-order valence-electron chi connectivity index (χ0n) is 7.14. The molecule has 0 aromatic heterocycles. The summed E-state index contributed by atoms with van der Waals surface area (Å²) in [4.78, 5) is 18.4. The van der Waals surface area contributed by atoms with E-state index in [-0.39, 0.29) is 0 Å². The van der Waals surface area contributed by atoms with Crippen LogP contribution in [0.4, 0.5) is 35.1 Å². The standard InChI is InChI=1S/C4F8N2O3/c5-1(6,13-15)3(9,10)17-4(11,12)2(7,8)14-16. The van der Waals surface area contributed by atoms with Crippen LogP contribution >= 0.6 is 0 Å². The Bertz CT molecular complexity index is 288. The molecule has 0 bridgehead atoms. The molecular weight excluding hydrogens is 276 g/mol. The molecule has 0 aromatic rings. The molecule has 0 unspecified atom stereocenters. The molecule has 0 N–H and O–H groups in total. The molecule has 13 heteroatoms. The molecule has 0 aliphatic rings. The number of rotatable bonds is 6. The first kappa shape index (κ1) is 15.6. The molecule has 17 heavy (non-hydrogen) atoms. The van der Waals surface area contributed by atoms with E-state index in [2.05, 4.69) is 0 Å². The van der Waals surface area contributed by atoms with E-state index in [0.29, 0.717) is 10.4 Å². The minimum absolute atomic E-state index is 0.439. The van der Waals surface area contributed by atoms with E-state index >= 15 is 0 Å². The highest BCUT2D eigenvalue weighted by Crippen LogP contribution is 2.45. The van der Waals surface area contributed by atoms with E-state index < -0.39 is 24.3 Å². The molecular formula is C4F8N2O3. The normalized spacial score (nSPS) is 14.6. The molecule has 0 radical (unpaired) electrons. The molecule has 0 saturated heterocycles. The van der Waals surface area contributed by atoms with Crippen molar-refractivity contribution in [2.24, 2.45) is 10.4 Å². The van der Waals surface area contributed by atoms with Gasteiger partial charge in [0.1, 0.15) is 0 Å². The molecule has 0 saturated carbocycles. The third-order valence-electron chi connectivity index (χ3n) is 1.19. The summed E-state index contributed by atoms with van der Waals surface area (Å²) in [5, 5.41) is 0.878. The monoisotopic (exact) mass is 276 g/mol. The van der Waals surface area contributed by atoms with Gasteiger partial charge in [-0.05, 0) is 0 Å². The van der Waals surface area contributed by atoms with Gasteiger partial charge in [-0.1, -0.05) is 0 Å². The highest BCUT2D eigenvalue weighted by molar-refractivity contribution is 4.80. The van der Waals surface area contributed by atoms with Crippen molar-refractivity contribution >= 4 is 0 Å². The van der Waals surface area contributed by atoms with Crippen molar-refractivity contribution in [2.75, 3.05) is 0 Å². The van der Waals surface area contributed by atoms with Gasteiger partial charge in [-0.2, -0.15) is 35.1 Å². The van der Waals surface area contributed by atoms with E-state index in [4.69, 9.17) is 0 Å². The fourth-order valence-corrected chi connectivity index (χ4v) is 0.390. The number of nitroso groups, excluding NO2 is 2. The Kier molecular flexibility index (Phi) is 3.78. The summed E-state index contributed by atoms with van der Waals surface area (Å²) in [6, 6.07) is -12.1. The largest absolute Gasteiger partial charge is 0.467 e. The summed E-state index contributed by atoms with van der Waals surface area (Å²) < 4.78 is 98.0. The summed E-state index contributed by atoms with van der Waals surface area (Å²) in [5.74, 6) is 0. The maximum atomic E-state index is 12.1. The molecule has 0 aromatic carbocycles. The maximum absolute atomic E-state index is 12.1. The van der Waals surface area contributed by atoms with Crippen LogP contribution in [0.15, 0.2) is 10.4 Å². The van der Waals surface area contributed by atoms with Crippen molar-refractivity contribution in [3.05, 3.63) is 9.81 Å². The van der Waals surface area contributed by atoms with Gasteiger partial charge in [0.05, 0.1) is 0 Å². The first-order chi connectivity index (χ1) is 7.33. The number of ether oxygens (including phenoxy) is 1. The fraction of sp³-hybridized carbons (Fsp3) is 1.00. The van der Waals surface area contributed by atoms with Gasteiger partial charge < -0.3 is 0 Å². The number of hydrogen-bond donors (Lipinski definition) is 0. The number of hydrogen-bond acceptors (Lipinski definition) is 5. The van der Waals surface area contributed by atoms with E-state index in [1.165, 1.54) is 0 Å². The van der Waals surface area contributed by atoms with Crippen molar-refractivity contribution in [2.45, 2.75) is 24.3 Å². The zero-order chi connectivity index (χ0) is 14.1. The molecule has 100 valence electrons. The Labute approximate surface area is 85.7 Å². The average Bonchev–Trinajstić information content (AvgIpc) is 2.15. The van der Waals surface area contributed by atoms with Crippen molar-refractivity contribution in [3.63, 3.8) is 0 Å². The number of alkyl halides is 8. The smallest absolute Gasteiger partial charge is 0.242 e. The summed E-state index contributed by atoms with van der Waals surface area (Å²) >= 11 is 0. The minimum Gasteiger partial charge on any atom is -0.242 e. The Morgan fingerprint density at radius 1 is 0.647 bits per heavy atom. The van der Waals surface area contributed by atoms with Crippen LogP contribution in [0.25, 0.3) is 0 Å². The van der Waals surface area contributed by atoms with Gasteiger partial charge in [0.15, 0.2) is 0 Å². The average molecular weight is 276 g/mol. The van der Waals surface area contributed by atoms with Crippen molar-refractivity contribution in [3.8, 4) is 0 Å². The van der Waals surface area contributed by atoms with Gasteiger partial charge in [0.2, 0.25) is 0 Å². The van der Waals surface area contributed by atoms with E-state index in [9.17, 15) is 44.9 Å². The van der Waals surface area contributed by atoms with Crippen LogP contribution in [0, 0.1) is 9.81 Å². The Morgan fingerprint density at radius 3 is 1.06 bits per heavy atom. The number of nitrogens with zero attached hydrogens (tertiary/aromatic N) is 2. The summed E-state index contributed by atoms with van der Waals surface area (Å²) in [7, 11) is 0. The molecule has 0 atom stereocenters. The second kappa shape index (κ2) is 4.12. The second-order valence-corrected chi connectivity index (χ2v) is 2.40. The predicted octanol–water partition coefficient (Wildman–Crippen LogP) is 2.91. The van der Waals surface area contributed by atoms with Gasteiger partial charge in [-0.15, -0.1) is 9.81 Å². The lowest BCUT2D eigenvalue weighted by atomic mass is 10.5. The highest BCUT2D eigenvalue weighted by Gasteiger charge is 2.71. The molecule has 5 nitrogen and oxygen atoms in total. The van der Waals surface area contributed by atoms with Gasteiger partial charge in [-0.25, -0.2) is 4.74 Å². The quantitative estimate of drug-likeness (QED) is 0.425. The van der Waals surface area contributed by atoms with Crippen LogP contribution in [0.5, 0.6) is 0 Å². The topological polar surface area (TPSA) is 68.1 Å². The Hall–Kier alpha value is -1.40. The lowest BCUT2D eigenvalue weighted by Gasteiger charge is -2.26. The van der Waals surface area contributed by atoms with Gasteiger partial charge >= 0.3 is 24.3 Å². The Morgan fingerprint density at radius 2 is 0.882 bits per heavy atom. The molecule has 0 fully saturated rings. The molecule has 0 aliphatic heterocycles. The fourth-order valence-electron chi connectivity index (χ4n) is 0.390. The van der Waals surface area contributed by atoms with Crippen LogP contribution in [-0.2, 0) is 4.74 Å². The minimum atomic E-state index is -6.35. The summed E-state index contributed by atoms with van der Waals surface area (Å²) in [6.07, 6.45) is -12.7. The third-order valence-corrected chi connectivity index (χ3v) is 1.19. The van der Waals surface area contributed by atoms with Crippen molar-refractivity contribution in [1.29, 1.82) is 0 Å². The van der Waals surface area contributed by atoms with Crippen LogP contribution < -0.4 is 0 Å². The van der Waals surface area contributed by atoms with Gasteiger partial charge in [0.25, 0.3) is 0 Å². The van der Waals surface area contributed by atoms with E-state index in [1.807, 2.05) is 0 Å². The van der Waals surface area contributed by atoms with Crippen LogP contribution in [0.2, 0.25) is 0 Å². The van der Waals surface area contributed by atoms with E-state index in [1.54, 1.807) is 4.74 Å². The first-order valence-electron chi connectivity index (χ1n) is 3.23. The molecule has 0 heterocycles. The number of halogens is 8. The zero-order valence-corrected chi connectivity index (χ0v) is 7.14. The van der Waals surface area contributed by atoms with Gasteiger partial charge in [-0.3, -0.25) is 0 Å². The lowest BCUT2D eigenvalue weighted by Crippen LogP contribution is -2.51. The van der Waals surface area contributed by atoms with Crippen LogP contribution in [-0.4, -0.2) is 24.3 Å². The maximum Gasteiger partial charge on any atom is 0.467 e.